The highest BCUT2D eigenvalue weighted by molar-refractivity contribution is 9.10. The smallest absolute Gasteiger partial charge is 0.307 e. The lowest BCUT2D eigenvalue weighted by Gasteiger charge is -2.25. The maximum absolute atomic E-state index is 12.4. The predicted octanol–water partition coefficient (Wildman–Crippen LogP) is 2.59. The van der Waals surface area contributed by atoms with Gasteiger partial charge in [-0.1, -0.05) is 28.1 Å². The van der Waals surface area contributed by atoms with Crippen LogP contribution >= 0.6 is 28.3 Å². The third-order valence-corrected chi connectivity index (χ3v) is 4.33. The molecule has 1 fully saturated rings. The third kappa shape index (κ3) is 6.12. The number of hydrogen-bond donors (Lipinski definition) is 2. The zero-order valence-electron chi connectivity index (χ0n) is 13.0. The summed E-state index contributed by atoms with van der Waals surface area (Å²) in [6, 6.07) is 7.23. The normalized spacial score (nSPS) is 18.4. The molecule has 5 nitrogen and oxygen atoms in total. The number of hydrogen-bond acceptors (Lipinski definition) is 4. The van der Waals surface area contributed by atoms with Crippen molar-refractivity contribution in [2.45, 2.75) is 25.3 Å². The number of amides is 1. The van der Waals surface area contributed by atoms with E-state index in [-0.39, 0.29) is 42.7 Å². The molecule has 23 heavy (non-hydrogen) atoms. The lowest BCUT2D eigenvalue weighted by molar-refractivity contribution is -0.141. The van der Waals surface area contributed by atoms with Crippen molar-refractivity contribution in [1.82, 2.24) is 10.6 Å². The molecule has 0 bridgehead atoms. The average molecular weight is 406 g/mol. The maximum atomic E-state index is 12.4. The van der Waals surface area contributed by atoms with Gasteiger partial charge in [-0.3, -0.25) is 9.59 Å². The summed E-state index contributed by atoms with van der Waals surface area (Å²) in [6.07, 6.45) is 2.00. The fourth-order valence-electron chi connectivity index (χ4n) is 2.59. The van der Waals surface area contributed by atoms with E-state index in [9.17, 15) is 9.59 Å². The van der Waals surface area contributed by atoms with Crippen LogP contribution in [-0.2, 0) is 14.3 Å². The summed E-state index contributed by atoms with van der Waals surface area (Å²) in [7, 11) is 1.35. The predicted molar refractivity (Wildman–Crippen MR) is 94.5 cm³/mol. The molecule has 1 aromatic carbocycles. The number of benzene rings is 1. The molecule has 0 radical (unpaired) electrons. The van der Waals surface area contributed by atoms with Gasteiger partial charge in [-0.2, -0.15) is 0 Å². The molecular formula is C16H22BrClN2O3. The molecule has 1 aliphatic heterocycles. The fourth-order valence-corrected chi connectivity index (χ4v) is 3.01. The highest BCUT2D eigenvalue weighted by Gasteiger charge is 2.25. The topological polar surface area (TPSA) is 67.4 Å². The molecule has 2 rings (SSSR count). The first kappa shape index (κ1) is 19.9. The molecule has 2 unspecified atom stereocenters. The van der Waals surface area contributed by atoms with Gasteiger partial charge in [0, 0.05) is 11.0 Å². The van der Waals surface area contributed by atoms with Crippen molar-refractivity contribution in [3.8, 4) is 0 Å². The van der Waals surface area contributed by atoms with E-state index in [0.717, 1.165) is 29.4 Å². The quantitative estimate of drug-likeness (QED) is 0.739. The van der Waals surface area contributed by atoms with Gasteiger partial charge in [0.05, 0.1) is 25.5 Å². The van der Waals surface area contributed by atoms with Crippen molar-refractivity contribution in [3.63, 3.8) is 0 Å². The molecule has 0 spiro atoms. The Labute approximate surface area is 151 Å². The van der Waals surface area contributed by atoms with E-state index in [2.05, 4.69) is 26.6 Å². The number of nitrogens with one attached hydrogen (secondary N) is 2. The van der Waals surface area contributed by atoms with Gasteiger partial charge in [-0.15, -0.1) is 12.4 Å². The Balaban J connectivity index is 0.00000264. The average Bonchev–Trinajstić information content (AvgIpc) is 2.54. The Morgan fingerprint density at radius 3 is 2.87 bits per heavy atom. The number of piperidine rings is 1. The number of carbonyl (C=O) groups excluding carboxylic acids is 2. The van der Waals surface area contributed by atoms with Crippen molar-refractivity contribution in [2.75, 3.05) is 20.2 Å². The van der Waals surface area contributed by atoms with E-state index in [4.69, 9.17) is 4.74 Å². The molecule has 7 heteroatoms. The summed E-state index contributed by atoms with van der Waals surface area (Å²) in [5.41, 5.74) is 0.886. The summed E-state index contributed by atoms with van der Waals surface area (Å²) >= 11 is 3.42. The van der Waals surface area contributed by atoms with Gasteiger partial charge in [0.1, 0.15) is 0 Å². The minimum atomic E-state index is -0.376. The zero-order chi connectivity index (χ0) is 15.9. The Bertz CT molecular complexity index is 536. The molecule has 1 heterocycles. The maximum Gasteiger partial charge on any atom is 0.307 e. The second-order valence-electron chi connectivity index (χ2n) is 5.44. The highest BCUT2D eigenvalue weighted by Crippen LogP contribution is 2.22. The Morgan fingerprint density at radius 1 is 1.48 bits per heavy atom. The number of carbonyl (C=O) groups is 2. The number of rotatable bonds is 5. The molecule has 0 aliphatic carbocycles. The SMILES string of the molecule is COC(=O)CC(NC(=O)C1CCCNC1)c1cccc(Br)c1.Cl. The second-order valence-corrected chi connectivity index (χ2v) is 6.36. The first-order valence-corrected chi connectivity index (χ1v) is 8.23. The molecule has 1 amide bonds. The molecule has 1 aliphatic rings. The number of halogens is 2. The Kier molecular flexibility index (Phi) is 8.58. The van der Waals surface area contributed by atoms with E-state index >= 15 is 0 Å². The van der Waals surface area contributed by atoms with Crippen molar-refractivity contribution < 1.29 is 14.3 Å². The zero-order valence-corrected chi connectivity index (χ0v) is 15.4. The third-order valence-electron chi connectivity index (χ3n) is 3.83. The van der Waals surface area contributed by atoms with Gasteiger partial charge >= 0.3 is 5.97 Å². The molecule has 2 atom stereocenters. The van der Waals surface area contributed by atoms with Crippen LogP contribution in [0, 0.1) is 5.92 Å². The first-order chi connectivity index (χ1) is 10.6. The highest BCUT2D eigenvalue weighted by atomic mass is 79.9. The van der Waals surface area contributed by atoms with Crippen LogP contribution in [0.3, 0.4) is 0 Å². The number of esters is 1. The van der Waals surface area contributed by atoms with E-state index < -0.39 is 0 Å². The number of methoxy groups -OCH3 is 1. The summed E-state index contributed by atoms with van der Waals surface area (Å²) in [6.45, 7) is 1.65. The minimum Gasteiger partial charge on any atom is -0.469 e. The van der Waals surface area contributed by atoms with Gasteiger partial charge < -0.3 is 15.4 Å². The molecule has 2 N–H and O–H groups in total. The van der Waals surface area contributed by atoms with E-state index in [1.54, 1.807) is 0 Å². The lowest BCUT2D eigenvalue weighted by Crippen LogP contribution is -2.42. The van der Waals surface area contributed by atoms with Crippen molar-refractivity contribution in [2.24, 2.45) is 5.92 Å². The number of ether oxygens (including phenoxy) is 1. The molecule has 1 aromatic rings. The van der Waals surface area contributed by atoms with Crippen LogP contribution in [-0.4, -0.2) is 32.1 Å². The van der Waals surface area contributed by atoms with Crippen LogP contribution in [0.25, 0.3) is 0 Å². The summed E-state index contributed by atoms with van der Waals surface area (Å²) in [5.74, 6) is -0.394. The van der Waals surface area contributed by atoms with Gasteiger partial charge in [0.2, 0.25) is 5.91 Å². The standard InChI is InChI=1S/C16H21BrN2O3.ClH/c1-22-15(20)9-14(11-4-2-6-13(17)8-11)19-16(21)12-5-3-7-18-10-12;/h2,4,6,8,12,14,18H,3,5,7,9-10H2,1H3,(H,19,21);1H. The Hall–Kier alpha value is -1.11. The summed E-state index contributed by atoms with van der Waals surface area (Å²) in [4.78, 5) is 24.1. The monoisotopic (exact) mass is 404 g/mol. The van der Waals surface area contributed by atoms with E-state index in [0.29, 0.717) is 6.54 Å². The first-order valence-electron chi connectivity index (χ1n) is 7.43. The summed E-state index contributed by atoms with van der Waals surface area (Å²) in [5, 5.41) is 6.22. The fraction of sp³-hybridized carbons (Fsp3) is 0.500. The van der Waals surface area contributed by atoms with E-state index in [1.807, 2.05) is 24.3 Å². The minimum absolute atomic E-state index is 0. The van der Waals surface area contributed by atoms with Crippen LogP contribution in [0.2, 0.25) is 0 Å². The lowest BCUT2D eigenvalue weighted by atomic mass is 9.97. The van der Waals surface area contributed by atoms with Crippen molar-refractivity contribution >= 4 is 40.2 Å². The molecule has 128 valence electrons. The Morgan fingerprint density at radius 2 is 2.26 bits per heavy atom. The van der Waals surface area contributed by atoms with Crippen LogP contribution in [0.1, 0.15) is 30.9 Å². The second kappa shape index (κ2) is 9.90. The summed E-state index contributed by atoms with van der Waals surface area (Å²) < 4.78 is 5.66. The molecular weight excluding hydrogens is 384 g/mol. The molecule has 0 aromatic heterocycles. The van der Waals surface area contributed by atoms with E-state index in [1.165, 1.54) is 7.11 Å². The molecule has 1 saturated heterocycles. The van der Waals surface area contributed by atoms with Gasteiger partial charge in [-0.25, -0.2) is 0 Å². The van der Waals surface area contributed by atoms with Crippen molar-refractivity contribution in [1.29, 1.82) is 0 Å². The van der Waals surface area contributed by atoms with Gasteiger partial charge in [0.15, 0.2) is 0 Å². The molecule has 0 saturated carbocycles. The van der Waals surface area contributed by atoms with Crippen LogP contribution in [0.15, 0.2) is 28.7 Å². The van der Waals surface area contributed by atoms with Crippen LogP contribution in [0.5, 0.6) is 0 Å². The largest absolute Gasteiger partial charge is 0.469 e. The van der Waals surface area contributed by atoms with Gasteiger partial charge in [-0.05, 0) is 37.1 Å². The van der Waals surface area contributed by atoms with Crippen LogP contribution < -0.4 is 10.6 Å². The van der Waals surface area contributed by atoms with Gasteiger partial charge in [0.25, 0.3) is 0 Å². The van der Waals surface area contributed by atoms with Crippen LogP contribution in [0.4, 0.5) is 0 Å². The van der Waals surface area contributed by atoms with Crippen molar-refractivity contribution in [3.05, 3.63) is 34.3 Å².